The third-order valence-electron chi connectivity index (χ3n) is 5.14. The number of piperidine rings is 1. The number of carbonyl (C=O) groups excluding carboxylic acids is 1. The van der Waals surface area contributed by atoms with E-state index in [0.29, 0.717) is 26.2 Å². The van der Waals surface area contributed by atoms with Crippen molar-refractivity contribution in [3.63, 3.8) is 0 Å². The van der Waals surface area contributed by atoms with Crippen LogP contribution in [0.3, 0.4) is 0 Å². The molecule has 0 unspecified atom stereocenters. The Morgan fingerprint density at radius 3 is 2.57 bits per heavy atom. The van der Waals surface area contributed by atoms with E-state index in [2.05, 4.69) is 0 Å². The first-order chi connectivity index (χ1) is 14.3. The highest BCUT2D eigenvalue weighted by molar-refractivity contribution is 7.89. The molecule has 6 nitrogen and oxygen atoms in total. The van der Waals surface area contributed by atoms with Gasteiger partial charge in [0.25, 0.3) is 5.91 Å². The lowest BCUT2D eigenvalue weighted by Crippen LogP contribution is -2.36. The van der Waals surface area contributed by atoms with E-state index in [1.165, 1.54) is 21.3 Å². The first kappa shape index (κ1) is 22.6. The summed E-state index contributed by atoms with van der Waals surface area (Å²) in [6.45, 7) is 3.64. The van der Waals surface area contributed by atoms with E-state index in [1.54, 1.807) is 13.1 Å². The lowest BCUT2D eigenvalue weighted by atomic mass is 10.2. The fourth-order valence-electron chi connectivity index (χ4n) is 3.41. The van der Waals surface area contributed by atoms with Gasteiger partial charge < -0.3 is 9.64 Å². The van der Waals surface area contributed by atoms with Gasteiger partial charge in [-0.1, -0.05) is 30.2 Å². The van der Waals surface area contributed by atoms with Gasteiger partial charge in [0.05, 0.1) is 11.6 Å². The molecule has 0 radical (unpaired) electrons. The molecule has 8 heteroatoms. The molecule has 0 N–H and O–H groups in total. The molecule has 0 bridgehead atoms. The number of carbonyl (C=O) groups is 1. The molecule has 1 amide bonds. The molecule has 162 valence electrons. The minimum atomic E-state index is -3.73. The van der Waals surface area contributed by atoms with Gasteiger partial charge in [-0.25, -0.2) is 8.42 Å². The maximum Gasteiger partial charge on any atom is 0.253 e. The van der Waals surface area contributed by atoms with Crippen molar-refractivity contribution in [2.75, 3.05) is 33.3 Å². The highest BCUT2D eigenvalue weighted by Gasteiger charge is 2.29. The summed E-state index contributed by atoms with van der Waals surface area (Å²) in [5.74, 6) is 0.465. The van der Waals surface area contributed by atoms with E-state index >= 15 is 0 Å². The molecule has 1 aliphatic heterocycles. The molecule has 30 heavy (non-hydrogen) atoms. The fraction of sp³-hybridized carbons (Fsp3) is 0.409. The zero-order valence-electron chi connectivity index (χ0n) is 17.3. The lowest BCUT2D eigenvalue weighted by molar-refractivity contribution is 0.0773. The van der Waals surface area contributed by atoms with Crippen LogP contribution in [0.4, 0.5) is 0 Å². The first-order valence-corrected chi connectivity index (χ1v) is 11.9. The Labute approximate surface area is 183 Å². The van der Waals surface area contributed by atoms with Gasteiger partial charge in [-0.3, -0.25) is 4.79 Å². The molecule has 0 spiro atoms. The van der Waals surface area contributed by atoms with Gasteiger partial charge >= 0.3 is 0 Å². The van der Waals surface area contributed by atoms with Gasteiger partial charge in [0.1, 0.15) is 17.3 Å². The predicted molar refractivity (Wildman–Crippen MR) is 118 cm³/mol. The Morgan fingerprint density at radius 1 is 1.13 bits per heavy atom. The molecule has 1 fully saturated rings. The second-order valence-corrected chi connectivity index (χ2v) is 9.82. The molecule has 1 aliphatic rings. The van der Waals surface area contributed by atoms with Gasteiger partial charge in [0.15, 0.2) is 0 Å². The van der Waals surface area contributed by atoms with E-state index < -0.39 is 10.0 Å². The zero-order valence-corrected chi connectivity index (χ0v) is 18.9. The number of hydrogen-bond acceptors (Lipinski definition) is 4. The van der Waals surface area contributed by atoms with Crippen LogP contribution in [-0.2, 0) is 10.0 Å². The van der Waals surface area contributed by atoms with Crippen molar-refractivity contribution in [3.05, 3.63) is 58.6 Å². The van der Waals surface area contributed by atoms with Crippen molar-refractivity contribution < 1.29 is 17.9 Å². The quantitative estimate of drug-likeness (QED) is 0.640. The van der Waals surface area contributed by atoms with Crippen LogP contribution in [0.5, 0.6) is 5.75 Å². The Hall–Kier alpha value is -2.09. The number of rotatable bonds is 7. The number of benzene rings is 2. The number of likely N-dealkylation sites (N-methyl/N-ethyl adjacent to an activating group) is 1. The van der Waals surface area contributed by atoms with Crippen LogP contribution >= 0.6 is 11.6 Å². The van der Waals surface area contributed by atoms with Crippen LogP contribution in [0, 0.1) is 6.92 Å². The molecule has 1 saturated heterocycles. The monoisotopic (exact) mass is 450 g/mol. The summed E-state index contributed by atoms with van der Waals surface area (Å²) in [6.07, 6.45) is 2.69. The van der Waals surface area contributed by atoms with Gasteiger partial charge in [-0.15, -0.1) is 0 Å². The molecule has 1 heterocycles. The molecule has 0 aliphatic carbocycles. The Balaban J connectivity index is 1.69. The highest BCUT2D eigenvalue weighted by atomic mass is 35.5. The van der Waals surface area contributed by atoms with Gasteiger partial charge in [-0.05, 0) is 55.7 Å². The number of amides is 1. The average Bonchev–Trinajstić information content (AvgIpc) is 2.74. The zero-order chi connectivity index (χ0) is 21.7. The third-order valence-corrected chi connectivity index (χ3v) is 7.52. The molecule has 2 aromatic carbocycles. The molecule has 2 aromatic rings. The van der Waals surface area contributed by atoms with E-state index in [0.717, 1.165) is 30.6 Å². The second kappa shape index (κ2) is 9.81. The number of sulfonamides is 1. The van der Waals surface area contributed by atoms with Crippen molar-refractivity contribution in [2.45, 2.75) is 31.1 Å². The van der Waals surface area contributed by atoms with Crippen LogP contribution in [0.15, 0.2) is 47.4 Å². The number of aryl methyl sites for hydroxylation is 1. The minimum absolute atomic E-state index is 0.0127. The normalized spacial score (nSPS) is 15.0. The van der Waals surface area contributed by atoms with Crippen molar-refractivity contribution in [1.29, 1.82) is 0 Å². The highest BCUT2D eigenvalue weighted by Crippen LogP contribution is 2.28. The average molecular weight is 451 g/mol. The minimum Gasteiger partial charge on any atom is -0.492 e. The maximum absolute atomic E-state index is 13.0. The van der Waals surface area contributed by atoms with Crippen LogP contribution < -0.4 is 4.74 Å². The standard InChI is InChI=1S/C22H27ClN2O4S/c1-17-7-6-8-19(15-17)29-14-13-24(2)22(26)18-9-10-20(23)21(16-18)30(27,28)25-11-4-3-5-12-25/h6-10,15-16H,3-5,11-14H2,1-2H3. The van der Waals surface area contributed by atoms with Crippen LogP contribution in [0.1, 0.15) is 35.2 Å². The number of halogens is 1. The van der Waals surface area contributed by atoms with Crippen molar-refractivity contribution in [2.24, 2.45) is 0 Å². The maximum atomic E-state index is 13.0. The molecule has 3 rings (SSSR count). The summed E-state index contributed by atoms with van der Waals surface area (Å²) in [5.41, 5.74) is 1.38. The summed E-state index contributed by atoms with van der Waals surface area (Å²) < 4.78 is 33.2. The van der Waals surface area contributed by atoms with Crippen molar-refractivity contribution in [1.82, 2.24) is 9.21 Å². The van der Waals surface area contributed by atoms with E-state index in [9.17, 15) is 13.2 Å². The smallest absolute Gasteiger partial charge is 0.253 e. The summed E-state index contributed by atoms with van der Waals surface area (Å²) in [6, 6.07) is 12.1. The topological polar surface area (TPSA) is 66.9 Å². The number of nitrogens with zero attached hydrogens (tertiary/aromatic N) is 2. The van der Waals surface area contributed by atoms with Gasteiger partial charge in [0.2, 0.25) is 10.0 Å². The second-order valence-electron chi connectivity index (χ2n) is 7.50. The number of ether oxygens (including phenoxy) is 1. The van der Waals surface area contributed by atoms with E-state index in [4.69, 9.17) is 16.3 Å². The summed E-state index contributed by atoms with van der Waals surface area (Å²) >= 11 is 6.20. The Kier molecular flexibility index (Phi) is 7.39. The van der Waals surface area contributed by atoms with Gasteiger partial charge in [0, 0.05) is 25.7 Å². The van der Waals surface area contributed by atoms with E-state index in [-0.39, 0.29) is 21.4 Å². The molecule has 0 atom stereocenters. The molecular weight excluding hydrogens is 424 g/mol. The molecule has 0 aromatic heterocycles. The number of hydrogen-bond donors (Lipinski definition) is 0. The Bertz CT molecular complexity index is 1000. The predicted octanol–water partition coefficient (Wildman–Crippen LogP) is 3.97. The summed E-state index contributed by atoms with van der Waals surface area (Å²) in [5, 5.41) is 0.127. The molecule has 0 saturated carbocycles. The SMILES string of the molecule is Cc1cccc(OCCN(C)C(=O)c2ccc(Cl)c(S(=O)(=O)N3CCCCC3)c2)c1. The van der Waals surface area contributed by atoms with Crippen LogP contribution in [-0.4, -0.2) is 56.8 Å². The third kappa shape index (κ3) is 5.33. The van der Waals surface area contributed by atoms with Crippen LogP contribution in [0.2, 0.25) is 5.02 Å². The van der Waals surface area contributed by atoms with Gasteiger partial charge in [-0.2, -0.15) is 4.31 Å². The summed E-state index contributed by atoms with van der Waals surface area (Å²) in [4.78, 5) is 14.3. The lowest BCUT2D eigenvalue weighted by Gasteiger charge is -2.26. The van der Waals surface area contributed by atoms with Crippen LogP contribution in [0.25, 0.3) is 0 Å². The summed E-state index contributed by atoms with van der Waals surface area (Å²) in [7, 11) is -2.06. The van der Waals surface area contributed by atoms with E-state index in [1.807, 2.05) is 31.2 Å². The molecular formula is C22H27ClN2O4S. The van der Waals surface area contributed by atoms with Crippen molar-refractivity contribution >= 4 is 27.5 Å². The first-order valence-electron chi connectivity index (χ1n) is 10.0. The Morgan fingerprint density at radius 2 is 1.87 bits per heavy atom. The van der Waals surface area contributed by atoms with Crippen molar-refractivity contribution in [3.8, 4) is 5.75 Å². The fourth-order valence-corrected chi connectivity index (χ4v) is 5.42. The largest absolute Gasteiger partial charge is 0.492 e.